The van der Waals surface area contributed by atoms with E-state index in [9.17, 15) is 13.2 Å². The number of rotatable bonds is 8. The normalized spacial score (nSPS) is 11.2. The lowest BCUT2D eigenvalue weighted by Crippen LogP contribution is -2.27. The van der Waals surface area contributed by atoms with Gasteiger partial charge in [0, 0.05) is 6.54 Å². The Bertz CT molecular complexity index is 1240. The van der Waals surface area contributed by atoms with Gasteiger partial charge in [0.25, 0.3) is 15.9 Å². The van der Waals surface area contributed by atoms with Crippen LogP contribution in [0.1, 0.15) is 38.2 Å². The highest BCUT2D eigenvalue weighted by Gasteiger charge is 2.24. The van der Waals surface area contributed by atoms with Crippen LogP contribution in [0.2, 0.25) is 0 Å². The summed E-state index contributed by atoms with van der Waals surface area (Å²) < 4.78 is 34.4. The molecule has 3 aromatic carbocycles. The zero-order chi connectivity index (χ0) is 24.2. The zero-order valence-corrected chi connectivity index (χ0v) is 20.5. The number of benzene rings is 3. The molecule has 3 rings (SSSR count). The van der Waals surface area contributed by atoms with E-state index in [0.717, 1.165) is 22.4 Å². The minimum absolute atomic E-state index is 0.248. The van der Waals surface area contributed by atoms with Gasteiger partial charge in [-0.3, -0.25) is 9.52 Å². The minimum atomic E-state index is -3.89. The summed E-state index contributed by atoms with van der Waals surface area (Å²) in [6.45, 7) is 7.81. The molecule has 0 bridgehead atoms. The Hall–Kier alpha value is -3.32. The highest BCUT2D eigenvalue weighted by Crippen LogP contribution is 2.28. The summed E-state index contributed by atoms with van der Waals surface area (Å²) in [7, 11) is -2.27. The van der Waals surface area contributed by atoms with Gasteiger partial charge in [0.05, 0.1) is 23.3 Å². The van der Waals surface area contributed by atoms with Crippen LogP contribution >= 0.6 is 0 Å². The number of ether oxygens (including phenoxy) is 1. The predicted octanol–water partition coefficient (Wildman–Crippen LogP) is 4.70. The highest BCUT2D eigenvalue weighted by atomic mass is 32.2. The van der Waals surface area contributed by atoms with Crippen LogP contribution in [0.4, 0.5) is 5.69 Å². The van der Waals surface area contributed by atoms with Gasteiger partial charge in [-0.1, -0.05) is 30.3 Å². The van der Waals surface area contributed by atoms with Crippen molar-refractivity contribution >= 4 is 21.6 Å². The molecule has 0 fully saturated rings. The van der Waals surface area contributed by atoms with E-state index < -0.39 is 10.0 Å². The van der Waals surface area contributed by atoms with Gasteiger partial charge in [-0.25, -0.2) is 8.42 Å². The molecule has 0 atom stereocenters. The van der Waals surface area contributed by atoms with Gasteiger partial charge in [-0.15, -0.1) is 0 Å². The molecule has 1 amide bonds. The summed E-state index contributed by atoms with van der Waals surface area (Å²) in [5.41, 5.74) is 4.80. The molecule has 0 saturated carbocycles. The first-order chi connectivity index (χ1) is 15.6. The Kier molecular flexibility index (Phi) is 7.43. The van der Waals surface area contributed by atoms with Crippen LogP contribution in [0.15, 0.2) is 59.5 Å². The first-order valence-electron chi connectivity index (χ1n) is 10.7. The second-order valence-corrected chi connectivity index (χ2v) is 9.71. The first kappa shape index (κ1) is 24.3. The molecule has 0 heterocycles. The Balaban J connectivity index is 1.78. The third kappa shape index (κ3) is 5.54. The summed E-state index contributed by atoms with van der Waals surface area (Å²) in [5, 5.41) is 2.88. The molecule has 0 spiro atoms. The van der Waals surface area contributed by atoms with Gasteiger partial charge in [-0.2, -0.15) is 0 Å². The van der Waals surface area contributed by atoms with Gasteiger partial charge >= 0.3 is 0 Å². The number of hydrogen-bond acceptors (Lipinski definition) is 4. The van der Waals surface area contributed by atoms with Crippen LogP contribution in [0, 0.1) is 27.7 Å². The summed E-state index contributed by atoms with van der Waals surface area (Å²) in [5.74, 6) is 0.439. The number of sulfonamides is 1. The molecule has 7 heteroatoms. The fourth-order valence-corrected chi connectivity index (χ4v) is 5.46. The zero-order valence-electron chi connectivity index (χ0n) is 19.7. The highest BCUT2D eigenvalue weighted by molar-refractivity contribution is 7.92. The average molecular weight is 467 g/mol. The molecule has 0 saturated heterocycles. The van der Waals surface area contributed by atoms with Gasteiger partial charge in [-0.05, 0) is 86.2 Å². The number of anilines is 1. The molecule has 174 valence electrons. The number of aryl methyl sites for hydroxylation is 2. The molecular formula is C26H30N2O4S. The maximum Gasteiger partial charge on any atom is 0.262 e. The van der Waals surface area contributed by atoms with E-state index >= 15 is 0 Å². The first-order valence-corrected chi connectivity index (χ1v) is 12.2. The Morgan fingerprint density at radius 1 is 0.909 bits per heavy atom. The van der Waals surface area contributed by atoms with Gasteiger partial charge < -0.3 is 10.1 Å². The van der Waals surface area contributed by atoms with E-state index in [1.165, 1.54) is 0 Å². The third-order valence-corrected chi connectivity index (χ3v) is 7.48. The van der Waals surface area contributed by atoms with Crippen molar-refractivity contribution in [2.75, 3.05) is 18.4 Å². The van der Waals surface area contributed by atoms with E-state index in [0.29, 0.717) is 24.1 Å². The van der Waals surface area contributed by atoms with Crippen molar-refractivity contribution in [1.29, 1.82) is 0 Å². The quantitative estimate of drug-likeness (QED) is 0.504. The van der Waals surface area contributed by atoms with Crippen molar-refractivity contribution in [3.8, 4) is 5.75 Å². The molecule has 0 unspecified atom stereocenters. The number of carbonyl (C=O) groups excluding carboxylic acids is 1. The van der Waals surface area contributed by atoms with Gasteiger partial charge in [0.1, 0.15) is 5.75 Å². The summed E-state index contributed by atoms with van der Waals surface area (Å²) in [4.78, 5) is 13.1. The number of methoxy groups -OCH3 is 1. The lowest BCUT2D eigenvalue weighted by molar-refractivity contribution is 0.0955. The number of nitrogens with one attached hydrogen (secondary N) is 2. The monoisotopic (exact) mass is 466 g/mol. The lowest BCUT2D eigenvalue weighted by atomic mass is 10.0. The summed E-state index contributed by atoms with van der Waals surface area (Å²) in [6.07, 6.45) is 0.643. The SMILES string of the molecule is COc1ccc(CCNC(=O)c2ccccc2NS(=O)(=O)c2c(C)c(C)cc(C)c2C)cc1. The Labute approximate surface area is 196 Å². The van der Waals surface area contributed by atoms with Crippen molar-refractivity contribution < 1.29 is 17.9 Å². The topological polar surface area (TPSA) is 84.5 Å². The molecule has 3 aromatic rings. The molecule has 33 heavy (non-hydrogen) atoms. The molecule has 0 radical (unpaired) electrons. The summed E-state index contributed by atoms with van der Waals surface area (Å²) in [6, 6.07) is 16.2. The lowest BCUT2D eigenvalue weighted by Gasteiger charge is -2.18. The number of hydrogen-bond donors (Lipinski definition) is 2. The Morgan fingerprint density at radius 2 is 1.52 bits per heavy atom. The van der Waals surface area contributed by atoms with E-state index in [4.69, 9.17) is 4.74 Å². The molecular weight excluding hydrogens is 436 g/mol. The largest absolute Gasteiger partial charge is 0.497 e. The fraction of sp³-hybridized carbons (Fsp3) is 0.269. The predicted molar refractivity (Wildman–Crippen MR) is 132 cm³/mol. The van der Waals surface area contributed by atoms with Crippen molar-refractivity contribution in [2.24, 2.45) is 0 Å². The second kappa shape index (κ2) is 10.1. The van der Waals surface area contributed by atoms with E-state index in [1.54, 1.807) is 45.2 Å². The maximum absolute atomic E-state index is 13.3. The van der Waals surface area contributed by atoms with Crippen molar-refractivity contribution in [1.82, 2.24) is 5.32 Å². The van der Waals surface area contributed by atoms with Gasteiger partial charge in [0.2, 0.25) is 0 Å². The minimum Gasteiger partial charge on any atom is -0.497 e. The molecule has 0 aliphatic carbocycles. The van der Waals surface area contributed by atoms with Crippen LogP contribution in [0.25, 0.3) is 0 Å². The van der Waals surface area contributed by atoms with Crippen molar-refractivity contribution in [3.05, 3.63) is 88.0 Å². The van der Waals surface area contributed by atoms with Crippen LogP contribution in [0.3, 0.4) is 0 Å². The fourth-order valence-electron chi connectivity index (χ4n) is 3.76. The number of amides is 1. The maximum atomic E-state index is 13.3. The van der Waals surface area contributed by atoms with E-state index in [2.05, 4.69) is 10.0 Å². The van der Waals surface area contributed by atoms with E-state index in [1.807, 2.05) is 44.2 Å². The van der Waals surface area contributed by atoms with Crippen LogP contribution in [-0.4, -0.2) is 28.0 Å². The Morgan fingerprint density at radius 3 is 2.12 bits per heavy atom. The smallest absolute Gasteiger partial charge is 0.262 e. The summed E-state index contributed by atoms with van der Waals surface area (Å²) >= 11 is 0. The number of para-hydroxylation sites is 1. The molecule has 6 nitrogen and oxygen atoms in total. The molecule has 0 aromatic heterocycles. The van der Waals surface area contributed by atoms with E-state index in [-0.39, 0.29) is 22.1 Å². The second-order valence-electron chi connectivity index (χ2n) is 8.09. The van der Waals surface area contributed by atoms with Gasteiger partial charge in [0.15, 0.2) is 0 Å². The van der Waals surface area contributed by atoms with Crippen LogP contribution in [-0.2, 0) is 16.4 Å². The van der Waals surface area contributed by atoms with Crippen LogP contribution < -0.4 is 14.8 Å². The average Bonchev–Trinajstić information content (AvgIpc) is 2.78. The van der Waals surface area contributed by atoms with Crippen LogP contribution in [0.5, 0.6) is 5.75 Å². The number of carbonyl (C=O) groups is 1. The molecule has 0 aliphatic rings. The van der Waals surface area contributed by atoms with Crippen molar-refractivity contribution in [3.63, 3.8) is 0 Å². The third-order valence-electron chi connectivity index (χ3n) is 5.84. The molecule has 0 aliphatic heterocycles. The standard InChI is InChI=1S/C26H30N2O4S/c1-17-16-18(2)20(4)25(19(17)3)33(30,31)28-24-9-7-6-8-23(24)26(29)27-15-14-21-10-12-22(32-5)13-11-21/h6-13,16,28H,14-15H2,1-5H3,(H,27,29). The molecule has 2 N–H and O–H groups in total. The van der Waals surface area contributed by atoms with Crippen molar-refractivity contribution in [2.45, 2.75) is 39.0 Å².